The van der Waals surface area contributed by atoms with Crippen LogP contribution in [0.3, 0.4) is 0 Å². The molecule has 2 aliphatic rings. The zero-order valence-electron chi connectivity index (χ0n) is 15.8. The summed E-state index contributed by atoms with van der Waals surface area (Å²) in [6.07, 6.45) is 2.97. The van der Waals surface area contributed by atoms with Gasteiger partial charge in [0, 0.05) is 38.3 Å². The molecule has 1 N–H and O–H groups in total. The second kappa shape index (κ2) is 8.65. The number of hydrogen-bond acceptors (Lipinski definition) is 6. The Kier molecular flexibility index (Phi) is 6.44. The minimum atomic E-state index is -3.04. The number of aromatic nitrogens is 1. The molecule has 154 valence electrons. The van der Waals surface area contributed by atoms with Gasteiger partial charge in [0.2, 0.25) is 11.8 Å². The van der Waals surface area contributed by atoms with Crippen LogP contribution in [0.2, 0.25) is 5.02 Å². The number of hydrogen-bond donors (Lipinski definition) is 1. The van der Waals surface area contributed by atoms with Gasteiger partial charge in [-0.3, -0.25) is 9.59 Å². The number of halogens is 1. The summed E-state index contributed by atoms with van der Waals surface area (Å²) in [6, 6.07) is 2.99. The maximum Gasteiger partial charge on any atom is 0.244 e. The van der Waals surface area contributed by atoms with Gasteiger partial charge < -0.3 is 15.1 Å². The van der Waals surface area contributed by atoms with Crippen molar-refractivity contribution >= 4 is 39.1 Å². The summed E-state index contributed by atoms with van der Waals surface area (Å²) >= 11 is 5.86. The molecular weight excluding hydrogens is 404 g/mol. The Balaban J connectivity index is 1.47. The normalized spacial score (nSPS) is 21.2. The third-order valence-corrected chi connectivity index (χ3v) is 7.12. The third-order valence-electron chi connectivity index (χ3n) is 5.29. The average molecular weight is 429 g/mol. The van der Waals surface area contributed by atoms with Crippen LogP contribution in [0, 0.1) is 5.92 Å². The largest absolute Gasteiger partial charge is 0.357 e. The van der Waals surface area contributed by atoms with E-state index in [-0.39, 0.29) is 42.3 Å². The van der Waals surface area contributed by atoms with E-state index in [0.29, 0.717) is 31.0 Å². The molecule has 1 aromatic heterocycles. The van der Waals surface area contributed by atoms with Crippen LogP contribution in [0.25, 0.3) is 0 Å². The molecule has 0 aromatic carbocycles. The lowest BCUT2D eigenvalue weighted by molar-refractivity contribution is -0.136. The number of nitrogens with one attached hydrogen (secondary N) is 1. The summed E-state index contributed by atoms with van der Waals surface area (Å²) < 4.78 is 23.0. The Bertz CT molecular complexity index is 808. The van der Waals surface area contributed by atoms with Gasteiger partial charge in [-0.2, -0.15) is 0 Å². The Morgan fingerprint density at radius 3 is 2.39 bits per heavy atom. The summed E-state index contributed by atoms with van der Waals surface area (Å²) in [5, 5.41) is 3.38. The summed E-state index contributed by atoms with van der Waals surface area (Å²) in [5.74, 6) is 0.292. The van der Waals surface area contributed by atoms with Crippen molar-refractivity contribution in [3.8, 4) is 0 Å². The van der Waals surface area contributed by atoms with Crippen molar-refractivity contribution < 1.29 is 18.0 Å². The van der Waals surface area contributed by atoms with E-state index in [2.05, 4.69) is 15.2 Å². The van der Waals surface area contributed by atoms with E-state index in [0.717, 1.165) is 5.82 Å². The zero-order chi connectivity index (χ0) is 20.3. The number of nitrogens with zero attached hydrogens (tertiary/aromatic N) is 3. The number of amides is 2. The van der Waals surface area contributed by atoms with Crippen LogP contribution < -0.4 is 10.2 Å². The van der Waals surface area contributed by atoms with Crippen molar-refractivity contribution in [2.45, 2.75) is 25.8 Å². The van der Waals surface area contributed by atoms with E-state index in [4.69, 9.17) is 11.6 Å². The van der Waals surface area contributed by atoms with Gasteiger partial charge in [0.15, 0.2) is 9.84 Å². The smallest absolute Gasteiger partial charge is 0.244 e. The molecule has 2 fully saturated rings. The highest BCUT2D eigenvalue weighted by atomic mass is 35.5. The molecule has 1 aromatic rings. The lowest BCUT2D eigenvalue weighted by atomic mass is 9.95. The van der Waals surface area contributed by atoms with Crippen LogP contribution in [0.5, 0.6) is 0 Å². The van der Waals surface area contributed by atoms with Gasteiger partial charge in [0.05, 0.1) is 16.5 Å². The van der Waals surface area contributed by atoms with Crippen molar-refractivity contribution in [2.24, 2.45) is 5.92 Å². The SMILES string of the molecule is CC(NC(=O)C1CCN(c2ccc(Cl)cn2)CC1)C(=O)N1CCS(=O)(=O)CC1. The van der Waals surface area contributed by atoms with E-state index in [1.165, 1.54) is 4.90 Å². The van der Waals surface area contributed by atoms with Gasteiger partial charge in [0.25, 0.3) is 0 Å². The first kappa shape index (κ1) is 20.9. The predicted octanol–water partition coefficient (Wildman–Crippen LogP) is 0.713. The average Bonchev–Trinajstić information content (AvgIpc) is 2.68. The third kappa shape index (κ3) is 5.14. The second-order valence-corrected chi connectivity index (χ2v) is 10.0. The first-order chi connectivity index (χ1) is 13.2. The van der Waals surface area contributed by atoms with Gasteiger partial charge in [-0.05, 0) is 31.9 Å². The highest BCUT2D eigenvalue weighted by Crippen LogP contribution is 2.23. The number of pyridine rings is 1. The number of piperidine rings is 1. The minimum absolute atomic E-state index is 0.0173. The maximum atomic E-state index is 12.6. The molecule has 0 spiro atoms. The topological polar surface area (TPSA) is 99.7 Å². The maximum absolute atomic E-state index is 12.6. The molecule has 2 aliphatic heterocycles. The second-order valence-electron chi connectivity index (χ2n) is 7.30. The fourth-order valence-electron chi connectivity index (χ4n) is 3.53. The van der Waals surface area contributed by atoms with Crippen LogP contribution >= 0.6 is 11.6 Å². The first-order valence-electron chi connectivity index (χ1n) is 9.41. The molecule has 1 atom stereocenters. The van der Waals surface area contributed by atoms with Crippen molar-refractivity contribution in [1.82, 2.24) is 15.2 Å². The number of carbonyl (C=O) groups excluding carboxylic acids is 2. The fourth-order valence-corrected chi connectivity index (χ4v) is 4.84. The summed E-state index contributed by atoms with van der Waals surface area (Å²) in [5.41, 5.74) is 0. The van der Waals surface area contributed by atoms with Crippen LogP contribution in [0.4, 0.5) is 5.82 Å². The number of rotatable bonds is 4. The van der Waals surface area contributed by atoms with Gasteiger partial charge in [-0.25, -0.2) is 13.4 Å². The van der Waals surface area contributed by atoms with E-state index in [1.54, 1.807) is 19.2 Å². The molecule has 0 saturated carbocycles. The minimum Gasteiger partial charge on any atom is -0.357 e. The van der Waals surface area contributed by atoms with Crippen LogP contribution in [-0.4, -0.2) is 73.8 Å². The van der Waals surface area contributed by atoms with Gasteiger partial charge in [-0.1, -0.05) is 11.6 Å². The highest BCUT2D eigenvalue weighted by molar-refractivity contribution is 7.91. The van der Waals surface area contributed by atoms with E-state index < -0.39 is 15.9 Å². The Hall–Kier alpha value is -1.87. The summed E-state index contributed by atoms with van der Waals surface area (Å²) in [6.45, 7) is 3.44. The van der Waals surface area contributed by atoms with Crippen molar-refractivity contribution in [3.63, 3.8) is 0 Å². The molecule has 0 bridgehead atoms. The molecule has 3 heterocycles. The monoisotopic (exact) mass is 428 g/mol. The molecule has 0 radical (unpaired) electrons. The lowest BCUT2D eigenvalue weighted by Gasteiger charge is -2.33. The predicted molar refractivity (Wildman–Crippen MR) is 107 cm³/mol. The fraction of sp³-hybridized carbons (Fsp3) is 0.611. The highest BCUT2D eigenvalue weighted by Gasteiger charge is 2.31. The first-order valence-corrected chi connectivity index (χ1v) is 11.6. The Morgan fingerprint density at radius 1 is 1.18 bits per heavy atom. The molecule has 10 heteroatoms. The van der Waals surface area contributed by atoms with Gasteiger partial charge in [-0.15, -0.1) is 0 Å². The molecule has 2 amide bonds. The number of anilines is 1. The van der Waals surface area contributed by atoms with Crippen LogP contribution in [-0.2, 0) is 19.4 Å². The number of sulfone groups is 1. The molecule has 8 nitrogen and oxygen atoms in total. The lowest BCUT2D eigenvalue weighted by Crippen LogP contribution is -2.53. The summed E-state index contributed by atoms with van der Waals surface area (Å²) in [7, 11) is -3.04. The van der Waals surface area contributed by atoms with Crippen molar-refractivity contribution in [2.75, 3.05) is 42.6 Å². The van der Waals surface area contributed by atoms with Crippen LogP contribution in [0.1, 0.15) is 19.8 Å². The van der Waals surface area contributed by atoms with Crippen molar-refractivity contribution in [1.29, 1.82) is 0 Å². The molecule has 1 unspecified atom stereocenters. The van der Waals surface area contributed by atoms with E-state index in [9.17, 15) is 18.0 Å². The molecule has 2 saturated heterocycles. The quantitative estimate of drug-likeness (QED) is 0.758. The molecular formula is C18H25ClN4O4S. The Labute approximate surface area is 170 Å². The van der Waals surface area contributed by atoms with Gasteiger partial charge >= 0.3 is 0 Å². The summed E-state index contributed by atoms with van der Waals surface area (Å²) in [4.78, 5) is 33.0. The van der Waals surface area contributed by atoms with E-state index in [1.807, 2.05) is 6.07 Å². The molecule has 3 rings (SSSR count). The van der Waals surface area contributed by atoms with Crippen LogP contribution in [0.15, 0.2) is 18.3 Å². The van der Waals surface area contributed by atoms with Gasteiger partial charge in [0.1, 0.15) is 11.9 Å². The molecule has 28 heavy (non-hydrogen) atoms. The molecule has 0 aliphatic carbocycles. The van der Waals surface area contributed by atoms with E-state index >= 15 is 0 Å². The Morgan fingerprint density at radius 2 is 1.82 bits per heavy atom. The number of carbonyl (C=O) groups is 2. The van der Waals surface area contributed by atoms with Crippen molar-refractivity contribution in [3.05, 3.63) is 23.4 Å². The standard InChI is InChI=1S/C18H25ClN4O4S/c1-13(18(25)23-8-10-28(26,27)11-9-23)21-17(24)14-4-6-22(7-5-14)16-3-2-15(19)12-20-16/h2-3,12-14H,4-11H2,1H3,(H,21,24). The zero-order valence-corrected chi connectivity index (χ0v) is 17.4.